The lowest BCUT2D eigenvalue weighted by Crippen LogP contribution is -2.19. The summed E-state index contributed by atoms with van der Waals surface area (Å²) in [5.41, 5.74) is 0.920. The van der Waals surface area contributed by atoms with Gasteiger partial charge in [-0.15, -0.1) is 0 Å². The molecule has 0 bridgehead atoms. The van der Waals surface area contributed by atoms with Gasteiger partial charge in [-0.1, -0.05) is 25.7 Å². The van der Waals surface area contributed by atoms with E-state index in [4.69, 9.17) is 9.47 Å². The Morgan fingerprint density at radius 2 is 1.60 bits per heavy atom. The highest BCUT2D eigenvalue weighted by Crippen LogP contribution is 2.33. The topological polar surface area (TPSA) is 68.3 Å². The van der Waals surface area contributed by atoms with E-state index in [1.54, 1.807) is 6.33 Å². The van der Waals surface area contributed by atoms with E-state index in [-0.39, 0.29) is 0 Å². The number of fused-ring (bicyclic) bond motifs is 1. The molecule has 4 rings (SSSR count). The maximum Gasteiger partial charge on any atom is 0.163 e. The zero-order valence-electron chi connectivity index (χ0n) is 14.3. The third kappa shape index (κ3) is 4.13. The Kier molecular flexibility index (Phi) is 4.86. The third-order valence-corrected chi connectivity index (χ3v) is 4.69. The number of hydrogen-bond donors (Lipinski definition) is 2. The fraction of sp³-hybridized carbons (Fsp3) is 0.474. The number of ether oxygens (including phenoxy) is 2. The number of anilines is 3. The van der Waals surface area contributed by atoms with Crippen molar-refractivity contribution in [3.05, 3.63) is 30.6 Å². The quantitative estimate of drug-likeness (QED) is 0.816. The molecule has 0 amide bonds. The number of rotatable bonds is 4. The molecule has 0 atom stereocenters. The third-order valence-electron chi connectivity index (χ3n) is 4.69. The molecular formula is C19H24N4O2. The van der Waals surface area contributed by atoms with Crippen molar-refractivity contribution in [2.24, 2.45) is 0 Å². The molecule has 2 aromatic rings. The van der Waals surface area contributed by atoms with Gasteiger partial charge in [-0.25, -0.2) is 9.97 Å². The number of aromatic nitrogens is 2. The van der Waals surface area contributed by atoms with Gasteiger partial charge in [-0.05, 0) is 25.0 Å². The molecule has 0 unspecified atom stereocenters. The van der Waals surface area contributed by atoms with E-state index in [9.17, 15) is 0 Å². The van der Waals surface area contributed by atoms with Crippen LogP contribution in [-0.2, 0) is 0 Å². The molecule has 1 aromatic heterocycles. The van der Waals surface area contributed by atoms with Crippen molar-refractivity contribution in [1.29, 1.82) is 0 Å². The molecule has 1 aromatic carbocycles. The van der Waals surface area contributed by atoms with Crippen molar-refractivity contribution >= 4 is 17.3 Å². The van der Waals surface area contributed by atoms with Crippen LogP contribution in [-0.4, -0.2) is 29.2 Å². The number of nitrogens with zero attached hydrogens (tertiary/aromatic N) is 2. The van der Waals surface area contributed by atoms with Gasteiger partial charge in [0.1, 0.15) is 31.2 Å². The van der Waals surface area contributed by atoms with Crippen LogP contribution in [0.1, 0.15) is 38.5 Å². The minimum Gasteiger partial charge on any atom is -0.486 e. The summed E-state index contributed by atoms with van der Waals surface area (Å²) in [5, 5.41) is 6.88. The predicted octanol–water partition coefficient (Wildman–Crippen LogP) is 4.13. The van der Waals surface area contributed by atoms with Crippen LogP contribution in [0.4, 0.5) is 17.3 Å². The molecular weight excluding hydrogens is 316 g/mol. The lowest BCUT2D eigenvalue weighted by molar-refractivity contribution is 0.171. The molecule has 6 heteroatoms. The Balaban J connectivity index is 1.44. The van der Waals surface area contributed by atoms with Crippen molar-refractivity contribution in [2.75, 3.05) is 23.8 Å². The largest absolute Gasteiger partial charge is 0.486 e. The predicted molar refractivity (Wildman–Crippen MR) is 97.9 cm³/mol. The average Bonchev–Trinajstić information content (AvgIpc) is 2.91. The number of nitrogens with one attached hydrogen (secondary N) is 2. The summed E-state index contributed by atoms with van der Waals surface area (Å²) in [6, 6.07) is 8.30. The summed E-state index contributed by atoms with van der Waals surface area (Å²) < 4.78 is 11.2. The van der Waals surface area contributed by atoms with E-state index in [2.05, 4.69) is 20.6 Å². The van der Waals surface area contributed by atoms with Crippen LogP contribution in [0.2, 0.25) is 0 Å². The van der Waals surface area contributed by atoms with Crippen LogP contribution >= 0.6 is 0 Å². The molecule has 1 fully saturated rings. The van der Waals surface area contributed by atoms with Crippen LogP contribution in [0.5, 0.6) is 11.5 Å². The molecule has 1 aliphatic heterocycles. The summed E-state index contributed by atoms with van der Waals surface area (Å²) in [5.74, 6) is 3.20. The highest BCUT2D eigenvalue weighted by atomic mass is 16.6. The average molecular weight is 340 g/mol. The Morgan fingerprint density at radius 3 is 2.44 bits per heavy atom. The van der Waals surface area contributed by atoms with Gasteiger partial charge < -0.3 is 20.1 Å². The molecule has 2 N–H and O–H groups in total. The van der Waals surface area contributed by atoms with Gasteiger partial charge >= 0.3 is 0 Å². The first-order chi connectivity index (χ1) is 12.4. The molecule has 2 aliphatic rings. The maximum absolute atomic E-state index is 5.63. The lowest BCUT2D eigenvalue weighted by atomic mass is 10.1. The zero-order valence-corrected chi connectivity index (χ0v) is 14.3. The maximum atomic E-state index is 5.63. The zero-order chi connectivity index (χ0) is 16.9. The number of hydrogen-bond acceptors (Lipinski definition) is 6. The van der Waals surface area contributed by atoms with Crippen molar-refractivity contribution in [1.82, 2.24) is 9.97 Å². The van der Waals surface area contributed by atoms with Crippen molar-refractivity contribution in [3.63, 3.8) is 0 Å². The lowest BCUT2D eigenvalue weighted by Gasteiger charge is -2.19. The Morgan fingerprint density at radius 1 is 0.840 bits per heavy atom. The van der Waals surface area contributed by atoms with E-state index < -0.39 is 0 Å². The van der Waals surface area contributed by atoms with Crippen LogP contribution in [0.25, 0.3) is 0 Å². The standard InChI is InChI=1S/C19H24N4O2/c1-2-4-6-14(5-3-1)22-18-12-19(21-13-20-18)23-15-7-8-16-17(11-15)25-10-9-24-16/h7-8,11-14H,1-6,9-10H2,(H2,20,21,22,23). The first kappa shape index (κ1) is 16.0. The molecule has 1 saturated carbocycles. The summed E-state index contributed by atoms with van der Waals surface area (Å²) in [6.45, 7) is 1.18. The minimum absolute atomic E-state index is 0.513. The first-order valence-electron chi connectivity index (χ1n) is 9.12. The molecule has 0 spiro atoms. The van der Waals surface area contributed by atoms with Crippen LogP contribution < -0.4 is 20.1 Å². The van der Waals surface area contributed by atoms with Crippen LogP contribution in [0.3, 0.4) is 0 Å². The van der Waals surface area contributed by atoms with E-state index >= 15 is 0 Å². The van der Waals surface area contributed by atoms with Gasteiger partial charge in [-0.3, -0.25) is 0 Å². The van der Waals surface area contributed by atoms with E-state index in [1.165, 1.54) is 38.5 Å². The van der Waals surface area contributed by atoms with Gasteiger partial charge in [0.15, 0.2) is 11.5 Å². The molecule has 6 nitrogen and oxygen atoms in total. The first-order valence-corrected chi connectivity index (χ1v) is 9.12. The minimum atomic E-state index is 0.513. The normalized spacial score (nSPS) is 17.6. The molecule has 1 aliphatic carbocycles. The van der Waals surface area contributed by atoms with E-state index in [0.29, 0.717) is 19.3 Å². The van der Waals surface area contributed by atoms with Gasteiger partial charge in [0.05, 0.1) is 0 Å². The highest BCUT2D eigenvalue weighted by Gasteiger charge is 2.14. The Hall–Kier alpha value is -2.50. The van der Waals surface area contributed by atoms with Crippen molar-refractivity contribution in [3.8, 4) is 11.5 Å². The van der Waals surface area contributed by atoms with Crippen LogP contribution in [0.15, 0.2) is 30.6 Å². The Labute approximate surface area is 148 Å². The smallest absolute Gasteiger partial charge is 0.163 e. The summed E-state index contributed by atoms with van der Waals surface area (Å²) in [7, 11) is 0. The van der Waals surface area contributed by atoms with Gasteiger partial charge in [0, 0.05) is 23.9 Å². The Bertz CT molecular complexity index is 714. The molecule has 0 radical (unpaired) electrons. The molecule has 25 heavy (non-hydrogen) atoms. The summed E-state index contributed by atoms with van der Waals surface area (Å²) >= 11 is 0. The second-order valence-corrected chi connectivity index (χ2v) is 6.60. The molecule has 0 saturated heterocycles. The van der Waals surface area contributed by atoms with E-state index in [1.807, 2.05) is 24.3 Å². The van der Waals surface area contributed by atoms with Crippen molar-refractivity contribution in [2.45, 2.75) is 44.6 Å². The summed E-state index contributed by atoms with van der Waals surface area (Å²) in [4.78, 5) is 8.69. The molecule has 2 heterocycles. The molecule has 132 valence electrons. The SMILES string of the molecule is c1nc(Nc2ccc3c(c2)OCCO3)cc(NC2CCCCCC2)n1. The number of benzene rings is 1. The van der Waals surface area contributed by atoms with Gasteiger partial charge in [0.25, 0.3) is 0 Å². The fourth-order valence-corrected chi connectivity index (χ4v) is 3.41. The van der Waals surface area contributed by atoms with Gasteiger partial charge in [-0.2, -0.15) is 0 Å². The highest BCUT2D eigenvalue weighted by molar-refractivity contribution is 5.63. The second-order valence-electron chi connectivity index (χ2n) is 6.60. The second kappa shape index (κ2) is 7.59. The van der Waals surface area contributed by atoms with Crippen LogP contribution in [0, 0.1) is 0 Å². The van der Waals surface area contributed by atoms with Gasteiger partial charge in [0.2, 0.25) is 0 Å². The van der Waals surface area contributed by atoms with Crippen molar-refractivity contribution < 1.29 is 9.47 Å². The summed E-state index contributed by atoms with van der Waals surface area (Å²) in [6.07, 6.45) is 9.32. The monoisotopic (exact) mass is 340 g/mol. The fourth-order valence-electron chi connectivity index (χ4n) is 3.41. The van der Waals surface area contributed by atoms with E-state index in [0.717, 1.165) is 28.8 Å².